The molecule has 0 aromatic carbocycles. The third kappa shape index (κ3) is 3.70. The summed E-state index contributed by atoms with van der Waals surface area (Å²) in [5, 5.41) is 3.47. The number of hydrogen-bond acceptors (Lipinski definition) is 4. The van der Waals surface area contributed by atoms with Gasteiger partial charge >= 0.3 is 0 Å². The van der Waals surface area contributed by atoms with Gasteiger partial charge in [-0.2, -0.15) is 0 Å². The van der Waals surface area contributed by atoms with E-state index in [0.717, 1.165) is 32.6 Å². The Morgan fingerprint density at radius 2 is 2.35 bits per heavy atom. The lowest BCUT2D eigenvalue weighted by Gasteiger charge is -2.38. The quantitative estimate of drug-likeness (QED) is 0.811. The molecule has 1 aliphatic rings. The lowest BCUT2D eigenvalue weighted by Crippen LogP contribution is -2.44. The first-order chi connectivity index (χ1) is 9.76. The number of nitrogens with zero attached hydrogens (tertiary/aromatic N) is 2. The Kier molecular flexibility index (Phi) is 5.80. The van der Waals surface area contributed by atoms with Crippen LogP contribution in [0.3, 0.4) is 0 Å². The number of aromatic nitrogens is 1. The van der Waals surface area contributed by atoms with Gasteiger partial charge in [0.1, 0.15) is 0 Å². The molecular weight excluding hydrogens is 250 g/mol. The Labute approximate surface area is 122 Å². The van der Waals surface area contributed by atoms with Crippen LogP contribution >= 0.6 is 0 Å². The van der Waals surface area contributed by atoms with Crippen molar-refractivity contribution >= 4 is 5.69 Å². The summed E-state index contributed by atoms with van der Waals surface area (Å²) in [5.74, 6) is 0.639. The minimum atomic E-state index is 0.327. The molecule has 1 saturated heterocycles. The van der Waals surface area contributed by atoms with Gasteiger partial charge in [0, 0.05) is 50.4 Å². The van der Waals surface area contributed by atoms with Crippen molar-refractivity contribution in [2.45, 2.75) is 39.3 Å². The number of rotatable bonds is 6. The number of piperidine rings is 1. The Morgan fingerprint density at radius 1 is 1.50 bits per heavy atom. The first kappa shape index (κ1) is 15.3. The van der Waals surface area contributed by atoms with E-state index in [9.17, 15) is 0 Å². The molecule has 112 valence electrons. The lowest BCUT2D eigenvalue weighted by molar-refractivity contribution is 0.0498. The van der Waals surface area contributed by atoms with Crippen molar-refractivity contribution in [2.75, 3.05) is 31.6 Å². The van der Waals surface area contributed by atoms with Crippen LogP contribution in [0.1, 0.15) is 32.3 Å². The van der Waals surface area contributed by atoms with E-state index in [-0.39, 0.29) is 0 Å². The molecular formula is C16H27N3O. The summed E-state index contributed by atoms with van der Waals surface area (Å²) in [6, 6.07) is 2.13. The molecule has 2 atom stereocenters. The van der Waals surface area contributed by atoms with Crippen LogP contribution in [0.25, 0.3) is 0 Å². The minimum absolute atomic E-state index is 0.327. The van der Waals surface area contributed by atoms with Crippen LogP contribution in [-0.4, -0.2) is 37.8 Å². The van der Waals surface area contributed by atoms with Gasteiger partial charge in [-0.3, -0.25) is 4.98 Å². The lowest BCUT2D eigenvalue weighted by atomic mass is 9.95. The highest BCUT2D eigenvalue weighted by Gasteiger charge is 2.27. The van der Waals surface area contributed by atoms with Crippen LogP contribution in [0.5, 0.6) is 0 Å². The molecule has 1 N–H and O–H groups in total. The van der Waals surface area contributed by atoms with Crippen molar-refractivity contribution in [1.82, 2.24) is 10.3 Å². The molecule has 1 fully saturated rings. The number of nitrogens with one attached hydrogen (secondary N) is 1. The third-order valence-corrected chi connectivity index (χ3v) is 4.15. The number of hydrogen-bond donors (Lipinski definition) is 1. The van der Waals surface area contributed by atoms with Crippen molar-refractivity contribution in [3.05, 3.63) is 24.0 Å². The van der Waals surface area contributed by atoms with Gasteiger partial charge in [0.25, 0.3) is 0 Å². The first-order valence-corrected chi connectivity index (χ1v) is 7.67. The Bertz CT molecular complexity index is 410. The van der Waals surface area contributed by atoms with Gasteiger partial charge in [0.2, 0.25) is 0 Å². The Hall–Kier alpha value is -1.13. The number of anilines is 1. The largest absolute Gasteiger partial charge is 0.379 e. The van der Waals surface area contributed by atoms with Crippen LogP contribution in [0.15, 0.2) is 18.5 Å². The molecule has 1 aromatic heterocycles. The standard InChI is InChI=1S/C16H27N3O/c1-4-7-17-10-14-11-18-8-5-15(14)19-9-6-13(2)16(12-19)20-3/h5,8,11,13,16-17H,4,6-7,9-10,12H2,1-3H3. The van der Waals surface area contributed by atoms with Crippen LogP contribution in [-0.2, 0) is 11.3 Å². The van der Waals surface area contributed by atoms with E-state index >= 15 is 0 Å². The van der Waals surface area contributed by atoms with Crippen LogP contribution in [0.4, 0.5) is 5.69 Å². The maximum atomic E-state index is 5.62. The van der Waals surface area contributed by atoms with Gasteiger partial charge < -0.3 is 15.0 Å². The topological polar surface area (TPSA) is 37.4 Å². The second-order valence-electron chi connectivity index (χ2n) is 5.67. The van der Waals surface area contributed by atoms with Crippen LogP contribution in [0.2, 0.25) is 0 Å². The van der Waals surface area contributed by atoms with E-state index in [1.807, 2.05) is 19.5 Å². The van der Waals surface area contributed by atoms with Gasteiger partial charge in [-0.05, 0) is 31.4 Å². The average molecular weight is 277 g/mol. The fraction of sp³-hybridized carbons (Fsp3) is 0.688. The van der Waals surface area contributed by atoms with Crippen molar-refractivity contribution in [3.8, 4) is 0 Å². The van der Waals surface area contributed by atoms with Crippen LogP contribution in [0, 0.1) is 5.92 Å². The molecule has 1 aromatic rings. The SMILES string of the molecule is CCCNCc1cnccc1N1CCC(C)C(OC)C1. The number of ether oxygens (including phenoxy) is 1. The monoisotopic (exact) mass is 277 g/mol. The molecule has 4 heteroatoms. The second kappa shape index (κ2) is 7.60. The smallest absolute Gasteiger partial charge is 0.0772 e. The molecule has 20 heavy (non-hydrogen) atoms. The molecule has 0 bridgehead atoms. The van der Waals surface area contributed by atoms with Gasteiger partial charge in [-0.25, -0.2) is 0 Å². The summed E-state index contributed by atoms with van der Waals surface area (Å²) < 4.78 is 5.62. The molecule has 0 aliphatic carbocycles. The molecule has 0 saturated carbocycles. The van der Waals surface area contributed by atoms with Crippen molar-refractivity contribution < 1.29 is 4.74 Å². The molecule has 2 heterocycles. The highest BCUT2D eigenvalue weighted by Crippen LogP contribution is 2.27. The van der Waals surface area contributed by atoms with E-state index in [2.05, 4.69) is 35.1 Å². The highest BCUT2D eigenvalue weighted by molar-refractivity contribution is 5.52. The van der Waals surface area contributed by atoms with E-state index in [4.69, 9.17) is 4.74 Å². The van der Waals surface area contributed by atoms with E-state index in [1.165, 1.54) is 17.7 Å². The fourth-order valence-electron chi connectivity index (χ4n) is 2.82. The van der Waals surface area contributed by atoms with Crippen molar-refractivity contribution in [1.29, 1.82) is 0 Å². The Balaban J connectivity index is 2.07. The zero-order chi connectivity index (χ0) is 14.4. The summed E-state index contributed by atoms with van der Waals surface area (Å²) in [6.07, 6.45) is 6.54. The van der Waals surface area contributed by atoms with Gasteiger partial charge in [-0.1, -0.05) is 13.8 Å². The zero-order valence-electron chi connectivity index (χ0n) is 12.9. The number of pyridine rings is 1. The number of methoxy groups -OCH3 is 1. The minimum Gasteiger partial charge on any atom is -0.379 e. The normalized spacial score (nSPS) is 23.1. The summed E-state index contributed by atoms with van der Waals surface area (Å²) in [6.45, 7) is 8.48. The predicted molar refractivity (Wildman–Crippen MR) is 83.0 cm³/mol. The second-order valence-corrected chi connectivity index (χ2v) is 5.67. The van der Waals surface area contributed by atoms with E-state index in [1.54, 1.807) is 0 Å². The zero-order valence-corrected chi connectivity index (χ0v) is 12.9. The molecule has 0 spiro atoms. The van der Waals surface area contributed by atoms with Gasteiger partial charge in [0.15, 0.2) is 0 Å². The predicted octanol–water partition coefficient (Wildman–Crippen LogP) is 2.44. The molecule has 0 amide bonds. The summed E-state index contributed by atoms with van der Waals surface area (Å²) >= 11 is 0. The summed E-state index contributed by atoms with van der Waals surface area (Å²) in [7, 11) is 1.82. The molecule has 4 nitrogen and oxygen atoms in total. The molecule has 2 unspecified atom stereocenters. The van der Waals surface area contributed by atoms with Crippen molar-refractivity contribution in [2.24, 2.45) is 5.92 Å². The molecule has 1 aliphatic heterocycles. The van der Waals surface area contributed by atoms with Crippen LogP contribution < -0.4 is 10.2 Å². The Morgan fingerprint density at radius 3 is 3.10 bits per heavy atom. The first-order valence-electron chi connectivity index (χ1n) is 7.67. The van der Waals surface area contributed by atoms with Crippen molar-refractivity contribution in [3.63, 3.8) is 0 Å². The fourth-order valence-corrected chi connectivity index (χ4v) is 2.82. The summed E-state index contributed by atoms with van der Waals surface area (Å²) in [4.78, 5) is 6.72. The van der Waals surface area contributed by atoms with E-state index < -0.39 is 0 Å². The van der Waals surface area contributed by atoms with Gasteiger partial charge in [-0.15, -0.1) is 0 Å². The highest BCUT2D eigenvalue weighted by atomic mass is 16.5. The van der Waals surface area contributed by atoms with Gasteiger partial charge in [0.05, 0.1) is 6.10 Å². The summed E-state index contributed by atoms with van der Waals surface area (Å²) in [5.41, 5.74) is 2.59. The third-order valence-electron chi connectivity index (χ3n) is 4.15. The molecule has 0 radical (unpaired) electrons. The average Bonchev–Trinajstić information content (AvgIpc) is 2.49. The maximum Gasteiger partial charge on any atom is 0.0772 e. The van der Waals surface area contributed by atoms with E-state index in [0.29, 0.717) is 12.0 Å². The maximum absolute atomic E-state index is 5.62. The molecule has 2 rings (SSSR count).